The fourth-order valence-corrected chi connectivity index (χ4v) is 3.61. The van der Waals surface area contributed by atoms with Crippen molar-refractivity contribution >= 4 is 56.3 Å². The monoisotopic (exact) mass is 465 g/mol. The zero-order valence-electron chi connectivity index (χ0n) is 15.0. The van der Waals surface area contributed by atoms with Gasteiger partial charge in [-0.1, -0.05) is 6.07 Å². The Labute approximate surface area is 173 Å². The molecule has 1 amide bonds. The molecule has 0 spiro atoms. The highest BCUT2D eigenvalue weighted by atomic mass is 79.9. The smallest absolute Gasteiger partial charge is 0.338 e. The number of fused-ring (bicyclic) bond motifs is 1. The lowest BCUT2D eigenvalue weighted by Gasteiger charge is -2.13. The molecule has 0 unspecified atom stereocenters. The van der Waals surface area contributed by atoms with Gasteiger partial charge in [-0.2, -0.15) is 8.75 Å². The second kappa shape index (κ2) is 8.98. The Balaban J connectivity index is 1.66. The minimum Gasteiger partial charge on any atom is -0.492 e. The lowest BCUT2D eigenvalue weighted by molar-refractivity contribution is -0.119. The van der Waals surface area contributed by atoms with E-state index in [0.717, 1.165) is 11.7 Å². The molecule has 28 heavy (non-hydrogen) atoms. The van der Waals surface area contributed by atoms with E-state index in [1.54, 1.807) is 24.3 Å². The Hall–Kier alpha value is -2.72. The normalized spacial score (nSPS) is 10.5. The second-order valence-corrected chi connectivity index (χ2v) is 6.87. The van der Waals surface area contributed by atoms with E-state index in [2.05, 4.69) is 30.0 Å². The third-order valence-corrected chi connectivity index (χ3v) is 4.78. The molecule has 0 aliphatic carbocycles. The van der Waals surface area contributed by atoms with Crippen LogP contribution in [0.3, 0.4) is 0 Å². The maximum absolute atomic E-state index is 12.3. The van der Waals surface area contributed by atoms with E-state index < -0.39 is 18.5 Å². The van der Waals surface area contributed by atoms with E-state index in [1.807, 2.05) is 6.92 Å². The quantitative estimate of drug-likeness (QED) is 0.531. The summed E-state index contributed by atoms with van der Waals surface area (Å²) in [6.07, 6.45) is 0. The standard InChI is InChI=1S/C18H16BrN3O5S/c1-3-26-14-8-10(7-11(19)17(14)25-2)18(24)27-9-15(23)20-12-5-4-6-13-16(12)22-28-21-13/h4-8H,3,9H2,1-2H3,(H,20,23). The largest absolute Gasteiger partial charge is 0.492 e. The van der Waals surface area contributed by atoms with E-state index in [4.69, 9.17) is 14.2 Å². The van der Waals surface area contributed by atoms with Gasteiger partial charge in [-0.3, -0.25) is 4.79 Å². The van der Waals surface area contributed by atoms with Crippen LogP contribution in [0.5, 0.6) is 11.5 Å². The van der Waals surface area contributed by atoms with Crippen molar-refractivity contribution in [1.82, 2.24) is 8.75 Å². The van der Waals surface area contributed by atoms with Crippen molar-refractivity contribution in [3.8, 4) is 11.5 Å². The van der Waals surface area contributed by atoms with Gasteiger partial charge in [0, 0.05) is 0 Å². The fraction of sp³-hybridized carbons (Fsp3) is 0.222. The summed E-state index contributed by atoms with van der Waals surface area (Å²) in [5.41, 5.74) is 2.02. The first-order valence-corrected chi connectivity index (χ1v) is 9.74. The average molecular weight is 466 g/mol. The Morgan fingerprint density at radius 1 is 1.25 bits per heavy atom. The zero-order chi connectivity index (χ0) is 20.1. The molecule has 0 aliphatic heterocycles. The average Bonchev–Trinajstić information content (AvgIpc) is 3.16. The molecule has 0 saturated heterocycles. The van der Waals surface area contributed by atoms with Gasteiger partial charge in [-0.15, -0.1) is 0 Å². The third-order valence-electron chi connectivity index (χ3n) is 3.64. The van der Waals surface area contributed by atoms with E-state index in [1.165, 1.54) is 13.2 Å². The molecule has 2 aromatic carbocycles. The van der Waals surface area contributed by atoms with Gasteiger partial charge >= 0.3 is 5.97 Å². The van der Waals surface area contributed by atoms with Crippen LogP contribution in [-0.4, -0.2) is 40.9 Å². The number of nitrogens with zero attached hydrogens (tertiary/aromatic N) is 2. The molecule has 146 valence electrons. The molecule has 10 heteroatoms. The number of ether oxygens (including phenoxy) is 3. The molecule has 0 saturated carbocycles. The lowest BCUT2D eigenvalue weighted by Crippen LogP contribution is -2.21. The first-order chi connectivity index (χ1) is 13.5. The molecule has 0 bridgehead atoms. The van der Waals surface area contributed by atoms with Crippen molar-refractivity contribution in [3.05, 3.63) is 40.4 Å². The van der Waals surface area contributed by atoms with Crippen molar-refractivity contribution in [3.63, 3.8) is 0 Å². The van der Waals surface area contributed by atoms with Gasteiger partial charge < -0.3 is 19.5 Å². The van der Waals surface area contributed by atoms with Crippen LogP contribution in [-0.2, 0) is 9.53 Å². The predicted octanol–water partition coefficient (Wildman–Crippen LogP) is 3.66. The van der Waals surface area contributed by atoms with Crippen LogP contribution in [0.4, 0.5) is 5.69 Å². The topological polar surface area (TPSA) is 99.6 Å². The van der Waals surface area contributed by atoms with E-state index >= 15 is 0 Å². The van der Waals surface area contributed by atoms with Gasteiger partial charge in [0.2, 0.25) is 0 Å². The molecule has 0 atom stereocenters. The summed E-state index contributed by atoms with van der Waals surface area (Å²) in [5, 5.41) is 2.67. The van der Waals surface area contributed by atoms with Crippen LogP contribution in [0, 0.1) is 0 Å². The summed E-state index contributed by atoms with van der Waals surface area (Å²) >= 11 is 4.39. The van der Waals surface area contributed by atoms with Gasteiger partial charge in [-0.05, 0) is 47.1 Å². The Morgan fingerprint density at radius 3 is 2.82 bits per heavy atom. The van der Waals surface area contributed by atoms with E-state index in [-0.39, 0.29) is 5.56 Å². The minimum atomic E-state index is -0.659. The van der Waals surface area contributed by atoms with Crippen LogP contribution in [0.25, 0.3) is 11.0 Å². The number of halogens is 1. The molecule has 3 rings (SSSR count). The number of nitrogens with one attached hydrogen (secondary N) is 1. The number of benzene rings is 2. The summed E-state index contributed by atoms with van der Waals surface area (Å²) in [4.78, 5) is 24.5. The molecule has 1 heterocycles. The summed E-state index contributed by atoms with van der Waals surface area (Å²) in [6.45, 7) is 1.78. The highest BCUT2D eigenvalue weighted by molar-refractivity contribution is 9.10. The molecule has 1 aromatic heterocycles. The molecule has 3 aromatic rings. The van der Waals surface area contributed by atoms with E-state index in [0.29, 0.717) is 39.3 Å². The van der Waals surface area contributed by atoms with Gasteiger partial charge in [0.05, 0.1) is 41.2 Å². The number of amides is 1. The lowest BCUT2D eigenvalue weighted by atomic mass is 10.2. The van der Waals surface area contributed by atoms with Gasteiger partial charge in [-0.25, -0.2) is 4.79 Å². The Morgan fingerprint density at radius 2 is 2.07 bits per heavy atom. The number of hydrogen-bond acceptors (Lipinski definition) is 8. The van der Waals surface area contributed by atoms with Crippen LogP contribution < -0.4 is 14.8 Å². The first kappa shape index (κ1) is 20.0. The summed E-state index contributed by atoms with van der Waals surface area (Å²) < 4.78 is 24.7. The molecule has 0 aliphatic rings. The molecular weight excluding hydrogens is 450 g/mol. The van der Waals surface area contributed by atoms with Crippen molar-refractivity contribution in [2.75, 3.05) is 25.6 Å². The van der Waals surface area contributed by atoms with Gasteiger partial charge in [0.15, 0.2) is 18.1 Å². The van der Waals surface area contributed by atoms with Crippen molar-refractivity contribution in [2.24, 2.45) is 0 Å². The minimum absolute atomic E-state index is 0.231. The van der Waals surface area contributed by atoms with Crippen LogP contribution >= 0.6 is 27.7 Å². The van der Waals surface area contributed by atoms with Crippen molar-refractivity contribution in [2.45, 2.75) is 6.92 Å². The third kappa shape index (κ3) is 4.39. The molecule has 0 radical (unpaired) electrons. The Kier molecular flexibility index (Phi) is 6.42. The maximum atomic E-state index is 12.3. The number of carbonyl (C=O) groups excluding carboxylic acids is 2. The molecule has 8 nitrogen and oxygen atoms in total. The first-order valence-electron chi connectivity index (χ1n) is 8.22. The summed E-state index contributed by atoms with van der Waals surface area (Å²) in [6, 6.07) is 8.32. The van der Waals surface area contributed by atoms with Crippen molar-refractivity contribution < 1.29 is 23.8 Å². The van der Waals surface area contributed by atoms with Crippen LogP contribution in [0.15, 0.2) is 34.8 Å². The number of esters is 1. The zero-order valence-corrected chi connectivity index (χ0v) is 17.4. The molecule has 1 N–H and O–H groups in total. The van der Waals surface area contributed by atoms with Crippen LogP contribution in [0.1, 0.15) is 17.3 Å². The number of rotatable bonds is 7. The summed E-state index contributed by atoms with van der Waals surface area (Å²) in [5.74, 6) is -0.265. The second-order valence-electron chi connectivity index (χ2n) is 5.48. The van der Waals surface area contributed by atoms with Gasteiger partial charge in [0.1, 0.15) is 11.0 Å². The van der Waals surface area contributed by atoms with Gasteiger partial charge in [0.25, 0.3) is 5.91 Å². The SMILES string of the molecule is CCOc1cc(C(=O)OCC(=O)Nc2cccc3nsnc23)cc(Br)c1OC. The Bertz CT molecular complexity index is 1020. The summed E-state index contributed by atoms with van der Waals surface area (Å²) in [7, 11) is 1.50. The number of hydrogen-bond donors (Lipinski definition) is 1. The van der Waals surface area contributed by atoms with E-state index in [9.17, 15) is 9.59 Å². The maximum Gasteiger partial charge on any atom is 0.338 e. The highest BCUT2D eigenvalue weighted by Crippen LogP contribution is 2.36. The number of methoxy groups -OCH3 is 1. The number of aromatic nitrogens is 2. The highest BCUT2D eigenvalue weighted by Gasteiger charge is 2.18. The van der Waals surface area contributed by atoms with Crippen LogP contribution in [0.2, 0.25) is 0 Å². The number of anilines is 1. The fourth-order valence-electron chi connectivity index (χ4n) is 2.45. The number of carbonyl (C=O) groups is 2. The molecule has 0 fully saturated rings. The molecular formula is C18H16BrN3O5S. The van der Waals surface area contributed by atoms with Crippen molar-refractivity contribution in [1.29, 1.82) is 0 Å². The predicted molar refractivity (Wildman–Crippen MR) is 108 cm³/mol.